The van der Waals surface area contributed by atoms with Crippen LogP contribution in [0, 0.1) is 10.1 Å². The lowest BCUT2D eigenvalue weighted by molar-refractivity contribution is -0.387. The van der Waals surface area contributed by atoms with Gasteiger partial charge in [0.05, 0.1) is 22.7 Å². The van der Waals surface area contributed by atoms with E-state index in [2.05, 4.69) is 27.6 Å². The molecule has 0 atom stereocenters. The summed E-state index contributed by atoms with van der Waals surface area (Å²) in [5, 5.41) is 14.7. The molecule has 0 saturated heterocycles. The van der Waals surface area contributed by atoms with Crippen molar-refractivity contribution >= 4 is 37.9 Å². The van der Waals surface area contributed by atoms with Crippen LogP contribution in [0.2, 0.25) is 0 Å². The number of benzene rings is 2. The number of ether oxygens (including phenoxy) is 2. The van der Waals surface area contributed by atoms with Crippen molar-refractivity contribution in [2.45, 2.75) is 4.90 Å². The zero-order valence-corrected chi connectivity index (χ0v) is 17.1. The van der Waals surface area contributed by atoms with Crippen molar-refractivity contribution in [3.63, 3.8) is 0 Å². The molecule has 0 bridgehead atoms. The molecule has 0 aliphatic heterocycles. The third-order valence-electron chi connectivity index (χ3n) is 3.34. The van der Waals surface area contributed by atoms with E-state index in [1.807, 2.05) is 4.83 Å². The molecule has 0 radical (unpaired) electrons. The topological polar surface area (TPSA) is 120 Å². The normalized spacial score (nSPS) is 11.2. The summed E-state index contributed by atoms with van der Waals surface area (Å²) in [7, 11) is -2.76. The molecule has 0 aliphatic carbocycles. The number of hydrazone groups is 1. The number of sulfonamides is 1. The second-order valence-corrected chi connectivity index (χ2v) is 7.70. The zero-order valence-electron chi connectivity index (χ0n) is 14.7. The fourth-order valence-electron chi connectivity index (χ4n) is 2.15. The monoisotopic (exact) mass is 469 g/mol. The third-order valence-corrected chi connectivity index (χ3v) is 5.19. The Hall–Kier alpha value is -2.92. The van der Waals surface area contributed by atoms with Crippen LogP contribution < -0.4 is 14.3 Å². The van der Waals surface area contributed by atoms with E-state index < -0.39 is 25.5 Å². The fraction of sp³-hybridized carbons (Fsp3) is 0.118. The van der Waals surface area contributed by atoms with Crippen LogP contribution >= 0.6 is 15.9 Å². The molecule has 2 rings (SSSR count). The molecule has 0 aromatic heterocycles. The van der Waals surface area contributed by atoms with Gasteiger partial charge in [-0.25, -0.2) is 0 Å². The minimum atomic E-state index is -4.22. The number of hydrogen-bond donors (Lipinski definition) is 1. The van der Waals surface area contributed by atoms with E-state index in [0.717, 1.165) is 12.1 Å². The van der Waals surface area contributed by atoms with Crippen molar-refractivity contribution in [3.05, 3.63) is 69.2 Å². The molecule has 9 nitrogen and oxygen atoms in total. The van der Waals surface area contributed by atoms with Crippen LogP contribution in [0.3, 0.4) is 0 Å². The van der Waals surface area contributed by atoms with Crippen LogP contribution in [0.25, 0.3) is 0 Å². The van der Waals surface area contributed by atoms with Crippen molar-refractivity contribution in [2.75, 3.05) is 13.7 Å². The van der Waals surface area contributed by atoms with Gasteiger partial charge in [-0.05, 0) is 39.7 Å². The molecule has 0 unspecified atom stereocenters. The molecule has 0 spiro atoms. The van der Waals surface area contributed by atoms with Gasteiger partial charge >= 0.3 is 0 Å². The highest BCUT2D eigenvalue weighted by Crippen LogP contribution is 2.36. The first-order valence-corrected chi connectivity index (χ1v) is 9.97. The quantitative estimate of drug-likeness (QED) is 0.260. The number of nitrogens with one attached hydrogen (secondary N) is 1. The van der Waals surface area contributed by atoms with Crippen LogP contribution in [0.4, 0.5) is 5.69 Å². The highest BCUT2D eigenvalue weighted by molar-refractivity contribution is 9.10. The maximum atomic E-state index is 12.3. The number of rotatable bonds is 9. The number of nitrogens with zero attached hydrogens (tertiary/aromatic N) is 2. The summed E-state index contributed by atoms with van der Waals surface area (Å²) in [5.41, 5.74) is -0.0433. The van der Waals surface area contributed by atoms with Crippen molar-refractivity contribution in [3.8, 4) is 11.5 Å². The standard InChI is InChI=1S/C17H16BrN3O6S/c1-3-8-27-17-13(18)9-12(10-15(17)26-2)11-19-20-28(24,25)16-7-5-4-6-14(16)21(22)23/h3-7,9-11,20H,1,8H2,2H3/b19-11-. The summed E-state index contributed by atoms with van der Waals surface area (Å²) in [5.74, 6) is 0.860. The molecular formula is C17H16BrN3O6S. The second-order valence-electron chi connectivity index (χ2n) is 5.21. The van der Waals surface area contributed by atoms with Crippen molar-refractivity contribution in [2.24, 2.45) is 5.10 Å². The van der Waals surface area contributed by atoms with Crippen molar-refractivity contribution in [1.82, 2.24) is 4.83 Å². The first-order valence-electron chi connectivity index (χ1n) is 7.69. The van der Waals surface area contributed by atoms with Gasteiger partial charge in [-0.15, -0.1) is 0 Å². The first-order chi connectivity index (χ1) is 13.3. The Morgan fingerprint density at radius 2 is 2.07 bits per heavy atom. The minimum absolute atomic E-state index is 0.276. The van der Waals surface area contributed by atoms with Crippen molar-refractivity contribution < 1.29 is 22.8 Å². The first kappa shape index (κ1) is 21.4. The molecule has 11 heteroatoms. The number of para-hydroxylation sites is 1. The third kappa shape index (κ3) is 5.08. The SMILES string of the molecule is C=CCOc1c(Br)cc(/C=N\NS(=O)(=O)c2ccccc2[N+](=O)[O-])cc1OC. The Morgan fingerprint density at radius 1 is 1.36 bits per heavy atom. The van der Waals surface area contributed by atoms with Gasteiger partial charge in [0.15, 0.2) is 16.4 Å². The molecule has 0 saturated carbocycles. The molecule has 2 aromatic rings. The number of hydrogen-bond acceptors (Lipinski definition) is 7. The van der Waals surface area contributed by atoms with Gasteiger partial charge in [-0.3, -0.25) is 10.1 Å². The molecule has 0 heterocycles. The maximum Gasteiger partial charge on any atom is 0.289 e. The Balaban J connectivity index is 2.26. The predicted molar refractivity (Wildman–Crippen MR) is 107 cm³/mol. The highest BCUT2D eigenvalue weighted by atomic mass is 79.9. The summed E-state index contributed by atoms with van der Waals surface area (Å²) in [6.07, 6.45) is 2.82. The number of nitro benzene ring substituents is 1. The molecule has 148 valence electrons. The molecule has 1 N–H and O–H groups in total. The van der Waals surface area contributed by atoms with E-state index in [4.69, 9.17) is 9.47 Å². The minimum Gasteiger partial charge on any atom is -0.493 e. The van der Waals surface area contributed by atoms with E-state index in [-0.39, 0.29) is 6.61 Å². The van der Waals surface area contributed by atoms with E-state index in [9.17, 15) is 18.5 Å². The molecule has 0 fully saturated rings. The zero-order chi connectivity index (χ0) is 20.7. The number of nitro groups is 1. The molecular weight excluding hydrogens is 454 g/mol. The Bertz CT molecular complexity index is 1020. The molecule has 0 aliphatic rings. The van der Waals surface area contributed by atoms with Gasteiger partial charge in [-0.1, -0.05) is 24.8 Å². The van der Waals surface area contributed by atoms with Crippen LogP contribution in [0.1, 0.15) is 5.56 Å². The van der Waals surface area contributed by atoms with Crippen LogP contribution in [-0.4, -0.2) is 33.3 Å². The lowest BCUT2D eigenvalue weighted by Crippen LogP contribution is -2.19. The lowest BCUT2D eigenvalue weighted by Gasteiger charge is -2.12. The maximum absolute atomic E-state index is 12.3. The van der Waals surface area contributed by atoms with E-state index >= 15 is 0 Å². The fourth-order valence-corrected chi connectivity index (χ4v) is 3.69. The summed E-state index contributed by atoms with van der Waals surface area (Å²) in [4.78, 5) is 11.7. The van der Waals surface area contributed by atoms with Gasteiger partial charge in [-0.2, -0.15) is 18.4 Å². The van der Waals surface area contributed by atoms with Gasteiger partial charge in [0.2, 0.25) is 0 Å². The Kier molecular flexibility index (Phi) is 7.12. The Labute approximate surface area is 170 Å². The smallest absolute Gasteiger partial charge is 0.289 e. The van der Waals surface area contributed by atoms with Gasteiger partial charge < -0.3 is 9.47 Å². The van der Waals surface area contributed by atoms with Crippen molar-refractivity contribution in [1.29, 1.82) is 0 Å². The van der Waals surface area contributed by atoms with Gasteiger partial charge in [0.1, 0.15) is 6.61 Å². The second kappa shape index (κ2) is 9.33. The summed E-state index contributed by atoms with van der Waals surface area (Å²) >= 11 is 3.35. The molecule has 0 amide bonds. The van der Waals surface area contributed by atoms with Crippen LogP contribution in [0.5, 0.6) is 11.5 Å². The summed E-state index contributed by atoms with van der Waals surface area (Å²) in [6.45, 7) is 3.85. The molecule has 2 aromatic carbocycles. The molecule has 28 heavy (non-hydrogen) atoms. The van der Waals surface area contributed by atoms with E-state index in [1.165, 1.54) is 25.5 Å². The summed E-state index contributed by atoms with van der Waals surface area (Å²) < 4.78 is 36.0. The van der Waals surface area contributed by atoms with E-state index in [1.54, 1.807) is 18.2 Å². The summed E-state index contributed by atoms with van der Waals surface area (Å²) in [6, 6.07) is 8.22. The van der Waals surface area contributed by atoms with Crippen LogP contribution in [-0.2, 0) is 10.0 Å². The number of methoxy groups -OCH3 is 1. The average molecular weight is 470 g/mol. The average Bonchev–Trinajstić information content (AvgIpc) is 2.66. The number of halogens is 1. The Morgan fingerprint density at radius 3 is 2.71 bits per heavy atom. The highest BCUT2D eigenvalue weighted by Gasteiger charge is 2.24. The van der Waals surface area contributed by atoms with E-state index in [0.29, 0.717) is 21.5 Å². The largest absolute Gasteiger partial charge is 0.493 e. The van der Waals surface area contributed by atoms with Crippen LogP contribution in [0.15, 0.2) is 63.5 Å². The van der Waals surface area contributed by atoms with Gasteiger partial charge in [0, 0.05) is 6.07 Å². The lowest BCUT2D eigenvalue weighted by atomic mass is 10.2. The predicted octanol–water partition coefficient (Wildman–Crippen LogP) is 3.24. The van der Waals surface area contributed by atoms with Gasteiger partial charge in [0.25, 0.3) is 15.7 Å².